The average molecular weight is 371 g/mol. The van der Waals surface area contributed by atoms with E-state index in [9.17, 15) is 9.59 Å². The van der Waals surface area contributed by atoms with Gasteiger partial charge in [0.2, 0.25) is 11.3 Å². The van der Waals surface area contributed by atoms with Gasteiger partial charge in [0.1, 0.15) is 11.1 Å². The van der Waals surface area contributed by atoms with Gasteiger partial charge in [0.05, 0.1) is 24.3 Å². The van der Waals surface area contributed by atoms with Gasteiger partial charge in [0, 0.05) is 40.3 Å². The first-order valence-corrected chi connectivity index (χ1v) is 9.47. The number of likely N-dealkylation sites (tertiary alicyclic amines) is 1. The fraction of sp³-hybridized carbons (Fsp3) is 0.500. The molecule has 3 heterocycles. The van der Waals surface area contributed by atoms with E-state index in [1.165, 1.54) is 0 Å². The molecule has 0 unspecified atom stereocenters. The highest BCUT2D eigenvalue weighted by Gasteiger charge is 2.31. The molecule has 144 valence electrons. The molecule has 0 spiro atoms. The van der Waals surface area contributed by atoms with Crippen LogP contribution in [0.2, 0.25) is 0 Å². The third-order valence-electron chi connectivity index (χ3n) is 5.27. The van der Waals surface area contributed by atoms with Gasteiger partial charge in [0.25, 0.3) is 5.91 Å². The lowest BCUT2D eigenvalue weighted by Crippen LogP contribution is -2.40. The normalized spacial score (nSPS) is 17.6. The molecule has 2 aliphatic heterocycles. The second-order valence-corrected chi connectivity index (χ2v) is 7.25. The van der Waals surface area contributed by atoms with E-state index in [4.69, 9.17) is 9.15 Å². The first-order chi connectivity index (χ1) is 13.1. The quantitative estimate of drug-likeness (QED) is 0.821. The minimum Gasteiger partial charge on any atom is -0.439 e. The van der Waals surface area contributed by atoms with E-state index in [0.717, 1.165) is 18.5 Å². The molecule has 27 heavy (non-hydrogen) atoms. The van der Waals surface area contributed by atoms with Gasteiger partial charge in [-0.15, -0.1) is 0 Å². The topological polar surface area (TPSA) is 66.2 Å². The van der Waals surface area contributed by atoms with E-state index in [1.807, 2.05) is 36.0 Å². The van der Waals surface area contributed by atoms with Crippen LogP contribution < -0.4 is 15.2 Å². The molecule has 4 rings (SSSR count). The molecular weight excluding hydrogens is 346 g/mol. The van der Waals surface area contributed by atoms with Crippen molar-refractivity contribution in [3.8, 4) is 0 Å². The zero-order chi connectivity index (χ0) is 19.0. The number of anilines is 2. The molecule has 2 aliphatic rings. The van der Waals surface area contributed by atoms with Crippen LogP contribution in [-0.2, 0) is 4.74 Å². The molecule has 0 atom stereocenters. The van der Waals surface area contributed by atoms with Gasteiger partial charge in [-0.3, -0.25) is 9.59 Å². The van der Waals surface area contributed by atoms with Gasteiger partial charge in [-0.1, -0.05) is 6.07 Å². The van der Waals surface area contributed by atoms with E-state index in [-0.39, 0.29) is 16.9 Å². The standard InChI is InChI=1S/C20H25N3O4/c1-21(2)14-6-5-7-15-16(14)18(24)17(19(25)22-8-3-4-9-22)20(27-15)23-10-12-26-13-11-23/h5-7H,3-4,8-13H2,1-2H3. The molecule has 1 aromatic heterocycles. The van der Waals surface area contributed by atoms with E-state index in [0.29, 0.717) is 56.2 Å². The maximum Gasteiger partial charge on any atom is 0.263 e. The molecule has 7 heteroatoms. The van der Waals surface area contributed by atoms with Gasteiger partial charge >= 0.3 is 0 Å². The monoisotopic (exact) mass is 371 g/mol. The van der Waals surface area contributed by atoms with Crippen LogP contribution in [0.4, 0.5) is 11.6 Å². The highest BCUT2D eigenvalue weighted by molar-refractivity contribution is 6.03. The number of fused-ring (bicyclic) bond motifs is 1. The molecular formula is C20H25N3O4. The molecule has 2 aromatic rings. The third-order valence-corrected chi connectivity index (χ3v) is 5.27. The summed E-state index contributed by atoms with van der Waals surface area (Å²) in [4.78, 5) is 32.4. The van der Waals surface area contributed by atoms with Crippen molar-refractivity contribution >= 4 is 28.4 Å². The van der Waals surface area contributed by atoms with Crippen molar-refractivity contribution in [2.75, 3.05) is 63.3 Å². The Labute approximate surface area is 158 Å². The number of amides is 1. The Kier molecular flexibility index (Phi) is 4.78. The number of rotatable bonds is 3. The lowest BCUT2D eigenvalue weighted by molar-refractivity contribution is 0.0788. The largest absolute Gasteiger partial charge is 0.439 e. The Morgan fingerprint density at radius 2 is 1.78 bits per heavy atom. The maximum absolute atomic E-state index is 13.5. The van der Waals surface area contributed by atoms with Crippen molar-refractivity contribution in [3.63, 3.8) is 0 Å². The summed E-state index contributed by atoms with van der Waals surface area (Å²) in [5, 5.41) is 0.460. The summed E-state index contributed by atoms with van der Waals surface area (Å²) in [6.45, 7) is 3.68. The van der Waals surface area contributed by atoms with Crippen LogP contribution in [0.15, 0.2) is 27.4 Å². The molecule has 0 bridgehead atoms. The Morgan fingerprint density at radius 1 is 1.07 bits per heavy atom. The van der Waals surface area contributed by atoms with E-state index >= 15 is 0 Å². The summed E-state index contributed by atoms with van der Waals surface area (Å²) in [6.07, 6.45) is 1.95. The molecule has 0 aliphatic carbocycles. The average Bonchev–Trinajstić information content (AvgIpc) is 3.22. The van der Waals surface area contributed by atoms with Crippen LogP contribution >= 0.6 is 0 Å². The van der Waals surface area contributed by atoms with E-state index < -0.39 is 0 Å². The zero-order valence-corrected chi connectivity index (χ0v) is 15.9. The predicted octanol–water partition coefficient (Wildman–Crippen LogP) is 1.93. The number of ether oxygens (including phenoxy) is 1. The SMILES string of the molecule is CN(C)c1cccc2oc(N3CCOCC3)c(C(=O)N3CCCC3)c(=O)c12. The minimum absolute atomic E-state index is 0.153. The van der Waals surface area contributed by atoms with Gasteiger partial charge in [-0.05, 0) is 25.0 Å². The van der Waals surface area contributed by atoms with Crippen LogP contribution in [-0.4, -0.2) is 64.3 Å². The Morgan fingerprint density at radius 3 is 2.44 bits per heavy atom. The second kappa shape index (κ2) is 7.23. The number of morpholine rings is 1. The summed E-state index contributed by atoms with van der Waals surface area (Å²) in [6, 6.07) is 5.53. The highest BCUT2D eigenvalue weighted by Crippen LogP contribution is 2.30. The third kappa shape index (κ3) is 3.16. The van der Waals surface area contributed by atoms with Crippen molar-refractivity contribution < 1.29 is 13.9 Å². The molecule has 0 saturated carbocycles. The first kappa shape index (κ1) is 17.9. The molecule has 0 N–H and O–H groups in total. The molecule has 2 saturated heterocycles. The number of carbonyl (C=O) groups is 1. The summed E-state index contributed by atoms with van der Waals surface area (Å²) in [5.74, 6) is 0.154. The molecule has 1 amide bonds. The molecule has 1 aromatic carbocycles. The summed E-state index contributed by atoms with van der Waals surface area (Å²) >= 11 is 0. The van der Waals surface area contributed by atoms with Gasteiger partial charge in [-0.25, -0.2) is 0 Å². The van der Waals surface area contributed by atoms with Crippen LogP contribution in [0.25, 0.3) is 11.0 Å². The summed E-state index contributed by atoms with van der Waals surface area (Å²) in [7, 11) is 3.76. The van der Waals surface area contributed by atoms with Gasteiger partial charge in [0.15, 0.2) is 0 Å². The number of benzene rings is 1. The predicted molar refractivity (Wildman–Crippen MR) is 105 cm³/mol. The first-order valence-electron chi connectivity index (χ1n) is 9.47. The molecule has 0 radical (unpaired) electrons. The fourth-order valence-corrected chi connectivity index (χ4v) is 3.84. The Balaban J connectivity index is 1.95. The van der Waals surface area contributed by atoms with E-state index in [2.05, 4.69) is 0 Å². The van der Waals surface area contributed by atoms with Crippen LogP contribution in [0, 0.1) is 0 Å². The zero-order valence-electron chi connectivity index (χ0n) is 15.9. The summed E-state index contributed by atoms with van der Waals surface area (Å²) in [5.41, 5.74) is 1.16. The lowest BCUT2D eigenvalue weighted by atomic mass is 10.1. The number of hydrogen-bond acceptors (Lipinski definition) is 6. The maximum atomic E-state index is 13.5. The second-order valence-electron chi connectivity index (χ2n) is 7.25. The smallest absolute Gasteiger partial charge is 0.263 e. The Hall–Kier alpha value is -2.54. The van der Waals surface area contributed by atoms with Crippen molar-refractivity contribution in [1.82, 2.24) is 4.90 Å². The number of carbonyl (C=O) groups excluding carboxylic acids is 1. The lowest BCUT2D eigenvalue weighted by Gasteiger charge is -2.29. The van der Waals surface area contributed by atoms with E-state index in [1.54, 1.807) is 11.0 Å². The van der Waals surface area contributed by atoms with Crippen molar-refractivity contribution in [1.29, 1.82) is 0 Å². The van der Waals surface area contributed by atoms with Gasteiger partial charge < -0.3 is 23.9 Å². The van der Waals surface area contributed by atoms with Crippen LogP contribution in [0.5, 0.6) is 0 Å². The van der Waals surface area contributed by atoms with Gasteiger partial charge in [-0.2, -0.15) is 0 Å². The molecule has 2 fully saturated rings. The summed E-state index contributed by atoms with van der Waals surface area (Å²) < 4.78 is 11.6. The Bertz CT molecular complexity index is 909. The number of nitrogens with zero attached hydrogens (tertiary/aromatic N) is 3. The number of hydrogen-bond donors (Lipinski definition) is 0. The van der Waals surface area contributed by atoms with Crippen LogP contribution in [0.3, 0.4) is 0 Å². The highest BCUT2D eigenvalue weighted by atomic mass is 16.5. The minimum atomic E-state index is -0.251. The van der Waals surface area contributed by atoms with Crippen molar-refractivity contribution in [2.45, 2.75) is 12.8 Å². The van der Waals surface area contributed by atoms with Crippen molar-refractivity contribution in [3.05, 3.63) is 34.0 Å². The van der Waals surface area contributed by atoms with Crippen molar-refractivity contribution in [2.24, 2.45) is 0 Å². The fourth-order valence-electron chi connectivity index (χ4n) is 3.84. The van der Waals surface area contributed by atoms with Crippen LogP contribution in [0.1, 0.15) is 23.2 Å². The molecule has 7 nitrogen and oxygen atoms in total.